The van der Waals surface area contributed by atoms with Gasteiger partial charge in [-0.15, -0.1) is 0 Å². The molecule has 0 amide bonds. The maximum Gasteiger partial charge on any atom is 0.140 e. The van der Waals surface area contributed by atoms with E-state index in [9.17, 15) is 5.11 Å². The summed E-state index contributed by atoms with van der Waals surface area (Å²) in [7, 11) is 0. The summed E-state index contributed by atoms with van der Waals surface area (Å²) < 4.78 is 2.18. The van der Waals surface area contributed by atoms with Gasteiger partial charge in [0, 0.05) is 18.2 Å². The van der Waals surface area contributed by atoms with Crippen LogP contribution in [0.3, 0.4) is 0 Å². The number of rotatable bonds is 1. The third-order valence-electron chi connectivity index (χ3n) is 3.29. The minimum absolute atomic E-state index is 0.0992. The molecule has 88 valence electrons. The first kappa shape index (κ1) is 10.4. The van der Waals surface area contributed by atoms with Gasteiger partial charge in [0.2, 0.25) is 0 Å². The molecule has 1 unspecified atom stereocenters. The number of nitrogens with two attached hydrogens (primary N) is 1. The Hall–Kier alpha value is -1.81. The Balaban J connectivity index is 2.07. The topological polar surface area (TPSA) is 64.1 Å². The number of imidazole rings is 1. The minimum atomic E-state index is 0.0992. The summed E-state index contributed by atoms with van der Waals surface area (Å²) in [6, 6.07) is 7.22. The smallest absolute Gasteiger partial charge is 0.140 e. The van der Waals surface area contributed by atoms with Crippen LogP contribution in [0.25, 0.3) is 11.4 Å². The second-order valence-electron chi connectivity index (χ2n) is 4.45. The van der Waals surface area contributed by atoms with E-state index in [1.807, 2.05) is 18.3 Å². The van der Waals surface area contributed by atoms with Gasteiger partial charge in [0.25, 0.3) is 0 Å². The molecule has 0 saturated heterocycles. The van der Waals surface area contributed by atoms with Crippen LogP contribution < -0.4 is 5.73 Å². The quantitative estimate of drug-likeness (QED) is 0.786. The van der Waals surface area contributed by atoms with E-state index in [0.717, 1.165) is 36.5 Å². The number of hydrogen-bond acceptors (Lipinski definition) is 3. The molecule has 4 nitrogen and oxygen atoms in total. The first-order valence-corrected chi connectivity index (χ1v) is 5.86. The van der Waals surface area contributed by atoms with E-state index in [4.69, 9.17) is 5.73 Å². The Bertz CT molecular complexity index is 530. The number of aromatic nitrogens is 2. The molecular formula is C13H15N3O. The van der Waals surface area contributed by atoms with Crippen molar-refractivity contribution in [1.82, 2.24) is 9.55 Å². The Morgan fingerprint density at radius 3 is 2.82 bits per heavy atom. The molecule has 2 heterocycles. The highest BCUT2D eigenvalue weighted by atomic mass is 16.3. The molecule has 0 fully saturated rings. The molecule has 0 radical (unpaired) electrons. The average molecular weight is 229 g/mol. The zero-order valence-corrected chi connectivity index (χ0v) is 9.50. The van der Waals surface area contributed by atoms with Crippen molar-refractivity contribution in [3.63, 3.8) is 0 Å². The van der Waals surface area contributed by atoms with Crippen LogP contribution in [-0.4, -0.2) is 14.7 Å². The number of phenols is 1. The number of nitrogens with zero attached hydrogens (tertiary/aromatic N) is 2. The summed E-state index contributed by atoms with van der Waals surface area (Å²) in [5.74, 6) is 1.21. The van der Waals surface area contributed by atoms with Crippen LogP contribution in [0.1, 0.15) is 24.6 Å². The lowest BCUT2D eigenvalue weighted by Gasteiger charge is -2.22. The molecule has 1 aromatic carbocycles. The first-order valence-electron chi connectivity index (χ1n) is 5.86. The van der Waals surface area contributed by atoms with E-state index in [1.165, 1.54) is 0 Å². The monoisotopic (exact) mass is 229 g/mol. The van der Waals surface area contributed by atoms with Gasteiger partial charge in [0.15, 0.2) is 0 Å². The average Bonchev–Trinajstić information content (AvgIpc) is 2.75. The summed E-state index contributed by atoms with van der Waals surface area (Å²) in [6.07, 6.45) is 3.99. The molecule has 0 spiro atoms. The molecule has 0 bridgehead atoms. The van der Waals surface area contributed by atoms with Crippen molar-refractivity contribution in [2.75, 3.05) is 0 Å². The maximum absolute atomic E-state index is 9.29. The van der Waals surface area contributed by atoms with Gasteiger partial charge < -0.3 is 15.4 Å². The van der Waals surface area contributed by atoms with Crippen LogP contribution in [0.15, 0.2) is 30.5 Å². The van der Waals surface area contributed by atoms with Crippen molar-refractivity contribution in [2.45, 2.75) is 25.4 Å². The second kappa shape index (κ2) is 3.89. The lowest BCUT2D eigenvalue weighted by Crippen LogP contribution is -2.21. The van der Waals surface area contributed by atoms with Gasteiger partial charge in [-0.2, -0.15) is 0 Å². The largest absolute Gasteiger partial charge is 0.508 e. The van der Waals surface area contributed by atoms with Crippen molar-refractivity contribution < 1.29 is 5.11 Å². The maximum atomic E-state index is 9.29. The van der Waals surface area contributed by atoms with Crippen molar-refractivity contribution in [3.8, 4) is 17.1 Å². The summed E-state index contributed by atoms with van der Waals surface area (Å²) in [4.78, 5) is 4.45. The summed E-state index contributed by atoms with van der Waals surface area (Å²) in [6.45, 7) is 0.971. The van der Waals surface area contributed by atoms with E-state index in [1.54, 1.807) is 12.1 Å². The lowest BCUT2D eigenvalue weighted by atomic mass is 10.1. The van der Waals surface area contributed by atoms with E-state index < -0.39 is 0 Å². The second-order valence-corrected chi connectivity index (χ2v) is 4.45. The number of aromatic hydroxyl groups is 1. The van der Waals surface area contributed by atoms with Crippen molar-refractivity contribution in [3.05, 3.63) is 36.2 Å². The van der Waals surface area contributed by atoms with Crippen molar-refractivity contribution >= 4 is 0 Å². The third-order valence-corrected chi connectivity index (χ3v) is 3.29. The van der Waals surface area contributed by atoms with Crippen LogP contribution in [0.2, 0.25) is 0 Å². The van der Waals surface area contributed by atoms with Gasteiger partial charge in [-0.05, 0) is 37.1 Å². The fourth-order valence-electron chi connectivity index (χ4n) is 2.38. The predicted molar refractivity (Wildman–Crippen MR) is 65.5 cm³/mol. The third kappa shape index (κ3) is 1.70. The highest BCUT2D eigenvalue weighted by Crippen LogP contribution is 2.29. The minimum Gasteiger partial charge on any atom is -0.508 e. The van der Waals surface area contributed by atoms with Crippen LogP contribution in [0, 0.1) is 0 Å². The van der Waals surface area contributed by atoms with E-state index in [2.05, 4.69) is 9.55 Å². The number of hydrogen-bond donors (Lipinski definition) is 2. The van der Waals surface area contributed by atoms with E-state index >= 15 is 0 Å². The van der Waals surface area contributed by atoms with Crippen molar-refractivity contribution in [1.29, 1.82) is 0 Å². The molecule has 1 aliphatic heterocycles. The molecule has 1 aromatic heterocycles. The Morgan fingerprint density at radius 1 is 1.29 bits per heavy atom. The highest BCUT2D eigenvalue weighted by Gasteiger charge is 2.20. The summed E-state index contributed by atoms with van der Waals surface area (Å²) >= 11 is 0. The van der Waals surface area contributed by atoms with Gasteiger partial charge in [-0.1, -0.05) is 0 Å². The van der Waals surface area contributed by atoms with Gasteiger partial charge in [0.05, 0.1) is 11.9 Å². The lowest BCUT2D eigenvalue weighted by molar-refractivity contribution is 0.465. The molecule has 3 N–H and O–H groups in total. The fourth-order valence-corrected chi connectivity index (χ4v) is 2.38. The zero-order valence-electron chi connectivity index (χ0n) is 9.50. The molecule has 17 heavy (non-hydrogen) atoms. The number of fused-ring (bicyclic) bond motifs is 1. The highest BCUT2D eigenvalue weighted by molar-refractivity contribution is 5.57. The summed E-state index contributed by atoms with van der Waals surface area (Å²) in [5.41, 5.74) is 8.19. The Morgan fingerprint density at radius 2 is 2.06 bits per heavy atom. The van der Waals surface area contributed by atoms with E-state index in [0.29, 0.717) is 0 Å². The number of benzene rings is 1. The Kier molecular flexibility index (Phi) is 2.37. The predicted octanol–water partition coefficient (Wildman–Crippen LogP) is 2.05. The van der Waals surface area contributed by atoms with Gasteiger partial charge in [-0.3, -0.25) is 0 Å². The normalized spacial score (nSPS) is 19.0. The van der Waals surface area contributed by atoms with Gasteiger partial charge >= 0.3 is 0 Å². The number of phenolic OH excluding ortho intramolecular Hbond substituents is 1. The molecule has 1 atom stereocenters. The van der Waals surface area contributed by atoms with Gasteiger partial charge in [-0.25, -0.2) is 4.98 Å². The molecule has 0 aliphatic carbocycles. The van der Waals surface area contributed by atoms with Gasteiger partial charge in [0.1, 0.15) is 11.6 Å². The molecule has 1 aliphatic rings. The van der Waals surface area contributed by atoms with Crippen LogP contribution >= 0.6 is 0 Å². The fraction of sp³-hybridized carbons (Fsp3) is 0.308. The molecule has 0 saturated carbocycles. The van der Waals surface area contributed by atoms with Crippen LogP contribution in [-0.2, 0) is 6.54 Å². The first-order chi connectivity index (χ1) is 8.25. The Labute approximate surface area is 99.7 Å². The SMILES string of the molecule is NC1CCCn2c1cnc2-c1ccc(O)cc1. The van der Waals surface area contributed by atoms with E-state index in [-0.39, 0.29) is 11.8 Å². The molecule has 3 rings (SSSR count). The molecule has 2 aromatic rings. The summed E-state index contributed by atoms with van der Waals surface area (Å²) in [5, 5.41) is 9.29. The zero-order chi connectivity index (χ0) is 11.8. The standard InChI is InChI=1S/C13H15N3O/c14-11-2-1-7-16-12(11)8-15-13(16)9-3-5-10(17)6-4-9/h3-6,8,11,17H,1-2,7,14H2. The van der Waals surface area contributed by atoms with Crippen LogP contribution in [0.4, 0.5) is 0 Å². The van der Waals surface area contributed by atoms with Crippen molar-refractivity contribution in [2.24, 2.45) is 5.73 Å². The molecular weight excluding hydrogens is 214 g/mol. The van der Waals surface area contributed by atoms with Crippen LogP contribution in [0.5, 0.6) is 5.75 Å². The molecule has 4 heteroatoms.